The van der Waals surface area contributed by atoms with Crippen molar-refractivity contribution in [2.75, 3.05) is 29.9 Å². The van der Waals surface area contributed by atoms with Gasteiger partial charge in [0, 0.05) is 12.6 Å². The number of anilines is 2. The molecule has 1 atom stereocenters. The first-order valence-corrected chi connectivity index (χ1v) is 6.09. The van der Waals surface area contributed by atoms with Gasteiger partial charge >= 0.3 is 0 Å². The van der Waals surface area contributed by atoms with E-state index >= 15 is 0 Å². The lowest BCUT2D eigenvalue weighted by molar-refractivity contribution is -0.115. The van der Waals surface area contributed by atoms with Gasteiger partial charge in [-0.05, 0) is 31.2 Å². The highest BCUT2D eigenvalue weighted by atomic mass is 16.2. The molecule has 2 N–H and O–H groups in total. The van der Waals surface area contributed by atoms with E-state index in [1.807, 2.05) is 6.07 Å². The van der Waals surface area contributed by atoms with Crippen molar-refractivity contribution in [3.05, 3.63) is 23.8 Å². The van der Waals surface area contributed by atoms with Crippen molar-refractivity contribution in [1.82, 2.24) is 5.32 Å². The van der Waals surface area contributed by atoms with Gasteiger partial charge in [-0.1, -0.05) is 0 Å². The number of carbonyl (C=O) groups excluding carboxylic acids is 1. The molecular formula is C13H14N4O. The Morgan fingerprint density at radius 3 is 3.06 bits per heavy atom. The standard InChI is InChI=1S/C13H14N4O/c14-6-9-1-2-12-11(5-9)16-13(18)8-17(12)10-3-4-15-7-10/h1-2,5,10,15H,3-4,7-8H2,(H,16,18). The molecule has 1 unspecified atom stereocenters. The number of nitrogens with one attached hydrogen (secondary N) is 2. The van der Waals surface area contributed by atoms with E-state index in [4.69, 9.17) is 5.26 Å². The maximum absolute atomic E-state index is 11.7. The van der Waals surface area contributed by atoms with Crippen LogP contribution < -0.4 is 15.5 Å². The van der Waals surface area contributed by atoms with Crippen molar-refractivity contribution in [2.24, 2.45) is 0 Å². The van der Waals surface area contributed by atoms with Crippen LogP contribution in [0.1, 0.15) is 12.0 Å². The van der Waals surface area contributed by atoms with Crippen molar-refractivity contribution in [3.63, 3.8) is 0 Å². The van der Waals surface area contributed by atoms with E-state index in [1.165, 1.54) is 0 Å². The third-order valence-electron chi connectivity index (χ3n) is 3.50. The van der Waals surface area contributed by atoms with Crippen LogP contribution in [0.15, 0.2) is 18.2 Å². The Labute approximate surface area is 105 Å². The van der Waals surface area contributed by atoms with Gasteiger partial charge in [0.15, 0.2) is 0 Å². The Balaban J connectivity index is 1.99. The molecule has 2 aliphatic rings. The summed E-state index contributed by atoms with van der Waals surface area (Å²) >= 11 is 0. The zero-order valence-corrected chi connectivity index (χ0v) is 9.94. The molecule has 5 nitrogen and oxygen atoms in total. The van der Waals surface area contributed by atoms with Crippen molar-refractivity contribution < 1.29 is 4.79 Å². The number of hydrogen-bond acceptors (Lipinski definition) is 4. The number of benzene rings is 1. The smallest absolute Gasteiger partial charge is 0.243 e. The van der Waals surface area contributed by atoms with Crippen molar-refractivity contribution in [1.29, 1.82) is 5.26 Å². The zero-order chi connectivity index (χ0) is 12.5. The van der Waals surface area contributed by atoms with Crippen LogP contribution >= 0.6 is 0 Å². The molecule has 2 aliphatic heterocycles. The summed E-state index contributed by atoms with van der Waals surface area (Å²) in [7, 11) is 0. The maximum Gasteiger partial charge on any atom is 0.243 e. The number of nitriles is 1. The molecule has 1 saturated heterocycles. The van der Waals surface area contributed by atoms with Crippen LogP contribution in [0.4, 0.5) is 11.4 Å². The monoisotopic (exact) mass is 242 g/mol. The van der Waals surface area contributed by atoms with Gasteiger partial charge in [0.2, 0.25) is 5.91 Å². The van der Waals surface area contributed by atoms with Crippen LogP contribution in [0.2, 0.25) is 0 Å². The second kappa shape index (κ2) is 4.31. The highest BCUT2D eigenvalue weighted by Crippen LogP contribution is 2.32. The van der Waals surface area contributed by atoms with E-state index in [2.05, 4.69) is 21.6 Å². The lowest BCUT2D eigenvalue weighted by Crippen LogP contribution is -2.45. The minimum atomic E-state index is -0.00973. The van der Waals surface area contributed by atoms with E-state index in [-0.39, 0.29) is 5.91 Å². The number of rotatable bonds is 1. The molecule has 0 aromatic heterocycles. The average Bonchev–Trinajstić information content (AvgIpc) is 2.90. The summed E-state index contributed by atoms with van der Waals surface area (Å²) in [6.07, 6.45) is 1.05. The molecule has 2 heterocycles. The van der Waals surface area contributed by atoms with Crippen molar-refractivity contribution in [3.8, 4) is 6.07 Å². The molecule has 3 rings (SSSR count). The summed E-state index contributed by atoms with van der Waals surface area (Å²) in [6.45, 7) is 2.30. The van der Waals surface area contributed by atoms with Crippen molar-refractivity contribution >= 4 is 17.3 Å². The highest BCUT2D eigenvalue weighted by Gasteiger charge is 2.29. The van der Waals surface area contributed by atoms with Crippen molar-refractivity contribution in [2.45, 2.75) is 12.5 Å². The minimum absolute atomic E-state index is 0.00973. The fourth-order valence-electron chi connectivity index (χ4n) is 2.62. The first-order chi connectivity index (χ1) is 8.78. The second-order valence-corrected chi connectivity index (χ2v) is 4.67. The second-order valence-electron chi connectivity index (χ2n) is 4.67. The molecule has 0 bridgehead atoms. The Morgan fingerprint density at radius 1 is 1.44 bits per heavy atom. The molecule has 1 amide bonds. The predicted molar refractivity (Wildman–Crippen MR) is 68.4 cm³/mol. The number of carbonyl (C=O) groups is 1. The molecule has 92 valence electrons. The fourth-order valence-corrected chi connectivity index (χ4v) is 2.62. The molecule has 0 spiro atoms. The van der Waals surface area contributed by atoms with Gasteiger partial charge < -0.3 is 15.5 Å². The lowest BCUT2D eigenvalue weighted by Gasteiger charge is -2.35. The van der Waals surface area contributed by atoms with E-state index in [0.717, 1.165) is 30.9 Å². The van der Waals surface area contributed by atoms with Crippen LogP contribution in [0.25, 0.3) is 0 Å². The van der Waals surface area contributed by atoms with Gasteiger partial charge in [-0.25, -0.2) is 0 Å². The number of amides is 1. The van der Waals surface area contributed by atoms with E-state index in [9.17, 15) is 4.79 Å². The van der Waals surface area contributed by atoms with Crippen LogP contribution in [0.3, 0.4) is 0 Å². The lowest BCUT2D eigenvalue weighted by atomic mass is 10.1. The summed E-state index contributed by atoms with van der Waals surface area (Å²) < 4.78 is 0. The van der Waals surface area contributed by atoms with Gasteiger partial charge in [-0.2, -0.15) is 5.26 Å². The average molecular weight is 242 g/mol. The minimum Gasteiger partial charge on any atom is -0.356 e. The Morgan fingerprint density at radius 2 is 2.33 bits per heavy atom. The molecule has 5 heteroatoms. The van der Waals surface area contributed by atoms with Crippen LogP contribution in [0.5, 0.6) is 0 Å². The summed E-state index contributed by atoms with van der Waals surface area (Å²) in [5, 5.41) is 15.0. The first kappa shape index (κ1) is 11.1. The Kier molecular flexibility index (Phi) is 2.65. The van der Waals surface area contributed by atoms with Gasteiger partial charge in [0.1, 0.15) is 0 Å². The quantitative estimate of drug-likeness (QED) is 0.760. The molecule has 1 fully saturated rings. The third kappa shape index (κ3) is 1.81. The molecule has 0 saturated carbocycles. The van der Waals surface area contributed by atoms with Gasteiger partial charge in [-0.3, -0.25) is 4.79 Å². The topological polar surface area (TPSA) is 68.2 Å². The Bertz CT molecular complexity index is 528. The summed E-state index contributed by atoms with van der Waals surface area (Å²) in [6, 6.07) is 7.92. The molecule has 0 radical (unpaired) electrons. The fraction of sp³-hybridized carbons (Fsp3) is 0.385. The summed E-state index contributed by atoms with van der Waals surface area (Å²) in [5.74, 6) is -0.00973. The van der Waals surface area contributed by atoms with E-state index in [0.29, 0.717) is 18.2 Å². The SMILES string of the molecule is N#Cc1ccc2c(c1)NC(=O)CN2C1CCNC1. The largest absolute Gasteiger partial charge is 0.356 e. The molecule has 1 aromatic rings. The van der Waals surface area contributed by atoms with Gasteiger partial charge in [0.25, 0.3) is 0 Å². The third-order valence-corrected chi connectivity index (χ3v) is 3.50. The van der Waals surface area contributed by atoms with Gasteiger partial charge in [-0.15, -0.1) is 0 Å². The summed E-state index contributed by atoms with van der Waals surface area (Å²) in [5.41, 5.74) is 2.33. The molecule has 1 aromatic carbocycles. The van der Waals surface area contributed by atoms with Crippen LogP contribution in [-0.4, -0.2) is 31.6 Å². The number of fused-ring (bicyclic) bond motifs is 1. The molecular weight excluding hydrogens is 228 g/mol. The number of nitrogens with zero attached hydrogens (tertiary/aromatic N) is 2. The van der Waals surface area contributed by atoms with Gasteiger partial charge in [0.05, 0.1) is 29.6 Å². The Hall–Kier alpha value is -2.06. The summed E-state index contributed by atoms with van der Waals surface area (Å²) in [4.78, 5) is 13.9. The first-order valence-electron chi connectivity index (χ1n) is 6.09. The highest BCUT2D eigenvalue weighted by molar-refractivity contribution is 6.01. The zero-order valence-electron chi connectivity index (χ0n) is 9.94. The van der Waals surface area contributed by atoms with Crippen LogP contribution in [-0.2, 0) is 4.79 Å². The number of hydrogen-bond donors (Lipinski definition) is 2. The predicted octanol–water partition coefficient (Wildman–Crippen LogP) is 0.679. The maximum atomic E-state index is 11.7. The van der Waals surface area contributed by atoms with Crippen LogP contribution in [0, 0.1) is 11.3 Å². The van der Waals surface area contributed by atoms with E-state index in [1.54, 1.807) is 12.1 Å². The normalized spacial score (nSPS) is 22.3. The molecule has 18 heavy (non-hydrogen) atoms. The van der Waals surface area contributed by atoms with E-state index < -0.39 is 0 Å². The molecule has 0 aliphatic carbocycles.